The summed E-state index contributed by atoms with van der Waals surface area (Å²) in [6.07, 6.45) is 0. The summed E-state index contributed by atoms with van der Waals surface area (Å²) in [7, 11) is 0. The molecule has 3 N–H and O–H groups in total. The molecule has 2 aromatic heterocycles. The van der Waals surface area contributed by atoms with Gasteiger partial charge in [0.05, 0.1) is 6.54 Å². The Labute approximate surface area is 203 Å². The fraction of sp³-hybridized carbons (Fsp3) is 0.381. The molecule has 31 heavy (non-hydrogen) atoms. The summed E-state index contributed by atoms with van der Waals surface area (Å²) in [5.74, 6) is 2.84. The number of aliphatic imine (C=N–C) groups is 1. The Morgan fingerprint density at radius 1 is 1.23 bits per heavy atom. The molecule has 3 aromatic rings. The lowest BCUT2D eigenvalue weighted by Crippen LogP contribution is -2.44. The molecular formula is C21H27ClIN5O3. The van der Waals surface area contributed by atoms with Crippen molar-refractivity contribution in [2.75, 3.05) is 13.1 Å². The van der Waals surface area contributed by atoms with Crippen LogP contribution in [-0.2, 0) is 12.1 Å². The zero-order valence-corrected chi connectivity index (χ0v) is 21.0. The largest absolute Gasteiger partial charge is 0.466 e. The lowest BCUT2D eigenvalue weighted by Gasteiger charge is -2.24. The molecule has 0 amide bonds. The highest BCUT2D eigenvalue weighted by Gasteiger charge is 2.27. The highest BCUT2D eigenvalue weighted by Crippen LogP contribution is 2.26. The Morgan fingerprint density at radius 3 is 2.55 bits per heavy atom. The van der Waals surface area contributed by atoms with Gasteiger partial charge >= 0.3 is 0 Å². The normalized spacial score (nSPS) is 13.4. The summed E-state index contributed by atoms with van der Waals surface area (Å²) in [6, 6.07) is 9.04. The van der Waals surface area contributed by atoms with E-state index in [0.29, 0.717) is 35.0 Å². The molecule has 0 saturated carbocycles. The van der Waals surface area contributed by atoms with E-state index in [4.69, 9.17) is 20.5 Å². The molecule has 168 valence electrons. The van der Waals surface area contributed by atoms with Gasteiger partial charge in [-0.2, -0.15) is 4.98 Å². The van der Waals surface area contributed by atoms with Crippen molar-refractivity contribution in [1.82, 2.24) is 20.8 Å². The van der Waals surface area contributed by atoms with Crippen molar-refractivity contribution >= 4 is 41.5 Å². The van der Waals surface area contributed by atoms with Crippen molar-refractivity contribution in [2.24, 2.45) is 4.99 Å². The summed E-state index contributed by atoms with van der Waals surface area (Å²) in [4.78, 5) is 8.84. The van der Waals surface area contributed by atoms with Gasteiger partial charge in [0.25, 0.3) is 0 Å². The monoisotopic (exact) mass is 559 g/mol. The molecule has 0 aliphatic carbocycles. The minimum atomic E-state index is -1.12. The van der Waals surface area contributed by atoms with Crippen LogP contribution in [0.1, 0.15) is 36.8 Å². The van der Waals surface area contributed by atoms with Crippen LogP contribution in [0.2, 0.25) is 5.02 Å². The highest BCUT2D eigenvalue weighted by molar-refractivity contribution is 14.0. The molecule has 3 rings (SSSR count). The molecule has 1 aromatic carbocycles. The zero-order chi connectivity index (χ0) is 21.7. The Morgan fingerprint density at radius 2 is 1.94 bits per heavy atom. The maximum absolute atomic E-state index is 10.9. The van der Waals surface area contributed by atoms with Crippen molar-refractivity contribution in [3.63, 3.8) is 0 Å². The van der Waals surface area contributed by atoms with Gasteiger partial charge in [-0.3, -0.25) is 0 Å². The van der Waals surface area contributed by atoms with Crippen molar-refractivity contribution in [3.05, 3.63) is 58.3 Å². The Balaban J connectivity index is 0.00000341. The first-order valence-electron chi connectivity index (χ1n) is 9.69. The number of halogens is 2. The number of nitrogens with zero attached hydrogens (tertiary/aromatic N) is 3. The fourth-order valence-electron chi connectivity index (χ4n) is 3.04. The number of aryl methyl sites for hydroxylation is 2. The lowest BCUT2D eigenvalue weighted by molar-refractivity contribution is 0.0601. The van der Waals surface area contributed by atoms with Crippen LogP contribution in [-0.4, -0.2) is 34.3 Å². The third-order valence-electron chi connectivity index (χ3n) is 4.51. The number of guanidine groups is 1. The maximum Gasteiger partial charge on any atom is 0.248 e. The van der Waals surface area contributed by atoms with Gasteiger partial charge in [0, 0.05) is 22.7 Å². The second kappa shape index (κ2) is 11.0. The van der Waals surface area contributed by atoms with Crippen molar-refractivity contribution in [1.29, 1.82) is 0 Å². The van der Waals surface area contributed by atoms with Crippen LogP contribution in [0.25, 0.3) is 11.4 Å². The molecule has 0 fully saturated rings. The molecule has 2 heterocycles. The molecule has 10 heteroatoms. The van der Waals surface area contributed by atoms with Crippen molar-refractivity contribution < 1.29 is 14.0 Å². The summed E-state index contributed by atoms with van der Waals surface area (Å²) < 4.78 is 10.8. The summed E-state index contributed by atoms with van der Waals surface area (Å²) >= 11 is 5.91. The zero-order valence-electron chi connectivity index (χ0n) is 17.9. The number of benzene rings is 1. The van der Waals surface area contributed by atoms with E-state index >= 15 is 0 Å². The topological polar surface area (TPSA) is 109 Å². The molecule has 0 radical (unpaired) electrons. The Hall–Kier alpha value is -2.11. The number of nitrogens with one attached hydrogen (secondary N) is 2. The van der Waals surface area contributed by atoms with Gasteiger partial charge in [-0.25, -0.2) is 4.99 Å². The molecule has 0 bridgehead atoms. The minimum Gasteiger partial charge on any atom is -0.466 e. The first-order chi connectivity index (χ1) is 14.3. The van der Waals surface area contributed by atoms with Crippen LogP contribution in [0.4, 0.5) is 0 Å². The fourth-order valence-corrected chi connectivity index (χ4v) is 3.17. The van der Waals surface area contributed by atoms with Gasteiger partial charge < -0.3 is 24.7 Å². The van der Waals surface area contributed by atoms with Crippen LogP contribution < -0.4 is 10.6 Å². The number of rotatable bonds is 7. The number of hydrogen-bond donors (Lipinski definition) is 3. The van der Waals surface area contributed by atoms with Crippen LogP contribution in [0, 0.1) is 13.8 Å². The van der Waals surface area contributed by atoms with E-state index in [-0.39, 0.29) is 37.1 Å². The standard InChI is InChI=1S/C21H26ClN5O3.HI/c1-5-23-20(25-12-21(4,28)17-10-13(2)29-14(17)3)24-11-18-26-19(27-30-18)15-6-8-16(22)9-7-15;/h6-10,28H,5,11-12H2,1-4H3,(H2,23,24,25);1H. The third kappa shape index (κ3) is 6.68. The summed E-state index contributed by atoms with van der Waals surface area (Å²) in [5, 5.41) is 21.8. The molecule has 1 unspecified atom stereocenters. The first-order valence-corrected chi connectivity index (χ1v) is 10.1. The average molecular weight is 560 g/mol. The van der Waals surface area contributed by atoms with Gasteiger partial charge in [0.1, 0.15) is 23.7 Å². The third-order valence-corrected chi connectivity index (χ3v) is 4.76. The number of aromatic nitrogens is 2. The molecule has 8 nitrogen and oxygen atoms in total. The minimum absolute atomic E-state index is 0. The van der Waals surface area contributed by atoms with E-state index in [0.717, 1.165) is 16.9 Å². The van der Waals surface area contributed by atoms with E-state index in [1.807, 2.05) is 39.0 Å². The van der Waals surface area contributed by atoms with Gasteiger partial charge in [0.2, 0.25) is 11.7 Å². The maximum atomic E-state index is 10.9. The van der Waals surface area contributed by atoms with E-state index in [2.05, 4.69) is 25.8 Å². The van der Waals surface area contributed by atoms with Crippen LogP contribution in [0.5, 0.6) is 0 Å². The first kappa shape index (κ1) is 25.2. The predicted molar refractivity (Wildman–Crippen MR) is 131 cm³/mol. The molecule has 0 saturated heterocycles. The summed E-state index contributed by atoms with van der Waals surface area (Å²) in [6.45, 7) is 8.50. The van der Waals surface area contributed by atoms with E-state index < -0.39 is 5.60 Å². The number of furan rings is 1. The molecule has 0 aliphatic heterocycles. The molecule has 0 spiro atoms. The highest BCUT2D eigenvalue weighted by atomic mass is 127. The smallest absolute Gasteiger partial charge is 0.248 e. The van der Waals surface area contributed by atoms with Gasteiger partial charge in [-0.1, -0.05) is 16.8 Å². The molecule has 1 atom stereocenters. The van der Waals surface area contributed by atoms with Gasteiger partial charge in [-0.15, -0.1) is 24.0 Å². The van der Waals surface area contributed by atoms with Crippen LogP contribution in [0.15, 0.2) is 44.3 Å². The Kier molecular flexibility index (Phi) is 8.90. The van der Waals surface area contributed by atoms with Crippen molar-refractivity contribution in [2.45, 2.75) is 39.8 Å². The van der Waals surface area contributed by atoms with E-state index in [9.17, 15) is 5.11 Å². The number of hydrogen-bond acceptors (Lipinski definition) is 6. The second-order valence-electron chi connectivity index (χ2n) is 7.17. The average Bonchev–Trinajstić information content (AvgIpc) is 3.31. The quantitative estimate of drug-likeness (QED) is 0.226. The second-order valence-corrected chi connectivity index (χ2v) is 7.60. The van der Waals surface area contributed by atoms with Crippen molar-refractivity contribution in [3.8, 4) is 11.4 Å². The predicted octanol–water partition coefficient (Wildman–Crippen LogP) is 4.18. The van der Waals surface area contributed by atoms with E-state index in [1.165, 1.54) is 0 Å². The lowest BCUT2D eigenvalue weighted by atomic mass is 9.96. The van der Waals surface area contributed by atoms with Gasteiger partial charge in [-0.05, 0) is 58.0 Å². The van der Waals surface area contributed by atoms with E-state index in [1.54, 1.807) is 19.1 Å². The molecular weight excluding hydrogens is 533 g/mol. The van der Waals surface area contributed by atoms with Crippen LogP contribution in [0.3, 0.4) is 0 Å². The number of aliphatic hydroxyl groups is 1. The Bertz CT molecular complexity index is 1010. The summed E-state index contributed by atoms with van der Waals surface area (Å²) in [5.41, 5.74) is 0.433. The van der Waals surface area contributed by atoms with Crippen LogP contribution >= 0.6 is 35.6 Å². The molecule has 0 aliphatic rings. The SMILES string of the molecule is CCNC(=NCc1nc(-c2ccc(Cl)cc2)no1)NCC(C)(O)c1cc(C)oc1C.I. The van der Waals surface area contributed by atoms with Gasteiger partial charge in [0.15, 0.2) is 5.96 Å².